The Morgan fingerprint density at radius 1 is 1.40 bits per heavy atom. The van der Waals surface area contributed by atoms with Crippen LogP contribution < -0.4 is 5.32 Å². The molecule has 1 N–H and O–H groups in total. The van der Waals surface area contributed by atoms with Crippen molar-refractivity contribution in [3.63, 3.8) is 0 Å². The van der Waals surface area contributed by atoms with Crippen LogP contribution in [0.2, 0.25) is 0 Å². The average Bonchev–Trinajstić information content (AvgIpc) is 2.88. The van der Waals surface area contributed by atoms with E-state index < -0.39 is 0 Å². The predicted octanol–water partition coefficient (Wildman–Crippen LogP) is 1.45. The topological polar surface area (TPSA) is 42.2 Å². The van der Waals surface area contributed by atoms with Gasteiger partial charge in [0.15, 0.2) is 0 Å². The van der Waals surface area contributed by atoms with Crippen LogP contribution >= 0.6 is 0 Å². The zero-order chi connectivity index (χ0) is 10.3. The molecule has 1 aliphatic heterocycles. The molecule has 0 unspecified atom stereocenters. The predicted molar refractivity (Wildman–Crippen MR) is 61.0 cm³/mol. The second kappa shape index (κ2) is 5.53. The number of amidine groups is 1. The first-order chi connectivity index (χ1) is 7.45. The third-order valence-corrected chi connectivity index (χ3v) is 2.61. The maximum absolute atomic E-state index is 4.37. The highest BCUT2D eigenvalue weighted by molar-refractivity contribution is 5.83. The van der Waals surface area contributed by atoms with Gasteiger partial charge < -0.3 is 9.88 Å². The zero-order valence-corrected chi connectivity index (χ0v) is 9.02. The molecule has 1 aromatic rings. The van der Waals surface area contributed by atoms with Gasteiger partial charge in [-0.25, -0.2) is 4.98 Å². The van der Waals surface area contributed by atoms with E-state index in [4.69, 9.17) is 0 Å². The lowest BCUT2D eigenvalue weighted by Crippen LogP contribution is -2.22. The Balaban J connectivity index is 1.52. The summed E-state index contributed by atoms with van der Waals surface area (Å²) in [6, 6.07) is 0. The summed E-state index contributed by atoms with van der Waals surface area (Å²) in [7, 11) is 0. The van der Waals surface area contributed by atoms with Crippen LogP contribution in [0.3, 0.4) is 0 Å². The van der Waals surface area contributed by atoms with Gasteiger partial charge in [-0.15, -0.1) is 0 Å². The summed E-state index contributed by atoms with van der Waals surface area (Å²) in [6.45, 7) is 3.12. The Hall–Kier alpha value is -1.32. The Morgan fingerprint density at radius 3 is 3.13 bits per heavy atom. The minimum Gasteiger partial charge on any atom is -0.374 e. The first-order valence-electron chi connectivity index (χ1n) is 5.68. The van der Waals surface area contributed by atoms with Crippen LogP contribution in [0, 0.1) is 0 Å². The normalized spacial score (nSPS) is 15.3. The number of nitrogens with zero attached hydrogens (tertiary/aromatic N) is 3. The number of rotatable bonds is 5. The summed E-state index contributed by atoms with van der Waals surface area (Å²) in [5.41, 5.74) is 0. The minimum absolute atomic E-state index is 1.01. The number of nitrogens with one attached hydrogen (secondary N) is 1. The molecule has 0 saturated heterocycles. The fraction of sp³-hybridized carbons (Fsp3) is 0.636. The molecule has 0 amide bonds. The van der Waals surface area contributed by atoms with Crippen molar-refractivity contribution in [1.82, 2.24) is 14.9 Å². The number of unbranched alkanes of at least 4 members (excludes halogenated alkanes) is 1. The van der Waals surface area contributed by atoms with Crippen molar-refractivity contribution in [3.8, 4) is 0 Å². The lowest BCUT2D eigenvalue weighted by molar-refractivity contribution is 0.601. The van der Waals surface area contributed by atoms with E-state index in [-0.39, 0.29) is 0 Å². The van der Waals surface area contributed by atoms with Crippen molar-refractivity contribution in [2.75, 3.05) is 13.1 Å². The van der Waals surface area contributed by atoms with Crippen molar-refractivity contribution in [3.05, 3.63) is 18.7 Å². The molecule has 4 nitrogen and oxygen atoms in total. The van der Waals surface area contributed by atoms with Crippen molar-refractivity contribution < 1.29 is 0 Å². The maximum Gasteiger partial charge on any atom is 0.0963 e. The fourth-order valence-electron chi connectivity index (χ4n) is 1.75. The first-order valence-corrected chi connectivity index (χ1v) is 5.68. The van der Waals surface area contributed by atoms with Gasteiger partial charge in [-0.05, 0) is 19.3 Å². The van der Waals surface area contributed by atoms with E-state index in [1.807, 2.05) is 18.7 Å². The molecule has 0 aromatic carbocycles. The first kappa shape index (κ1) is 10.2. The van der Waals surface area contributed by atoms with Gasteiger partial charge in [0.2, 0.25) is 0 Å². The van der Waals surface area contributed by atoms with E-state index in [1.54, 1.807) is 0 Å². The number of aryl methyl sites for hydroxylation is 1. The fourth-order valence-corrected chi connectivity index (χ4v) is 1.75. The molecule has 0 aliphatic carbocycles. The van der Waals surface area contributed by atoms with Gasteiger partial charge in [0, 0.05) is 38.4 Å². The van der Waals surface area contributed by atoms with E-state index in [2.05, 4.69) is 19.9 Å². The maximum atomic E-state index is 4.37. The van der Waals surface area contributed by atoms with Gasteiger partial charge in [-0.2, -0.15) is 0 Å². The SMILES string of the molecule is c1cn(CCCCNC2=NCCC2)cn1. The molecular formula is C11H18N4. The van der Waals surface area contributed by atoms with Gasteiger partial charge in [-0.1, -0.05) is 0 Å². The molecule has 0 atom stereocenters. The van der Waals surface area contributed by atoms with E-state index in [0.29, 0.717) is 0 Å². The van der Waals surface area contributed by atoms with Crippen molar-refractivity contribution >= 4 is 5.84 Å². The summed E-state index contributed by atoms with van der Waals surface area (Å²) in [4.78, 5) is 8.39. The van der Waals surface area contributed by atoms with Crippen molar-refractivity contribution in [2.24, 2.45) is 4.99 Å². The quantitative estimate of drug-likeness (QED) is 0.741. The molecule has 0 spiro atoms. The molecule has 15 heavy (non-hydrogen) atoms. The van der Waals surface area contributed by atoms with Gasteiger partial charge in [0.1, 0.15) is 0 Å². The molecular weight excluding hydrogens is 188 g/mol. The average molecular weight is 206 g/mol. The van der Waals surface area contributed by atoms with Gasteiger partial charge in [0.25, 0.3) is 0 Å². The summed E-state index contributed by atoms with van der Waals surface area (Å²) in [5, 5.41) is 3.39. The number of hydrogen-bond acceptors (Lipinski definition) is 3. The van der Waals surface area contributed by atoms with E-state index >= 15 is 0 Å². The van der Waals surface area contributed by atoms with Crippen LogP contribution in [-0.4, -0.2) is 28.5 Å². The van der Waals surface area contributed by atoms with Crippen LogP contribution in [0.15, 0.2) is 23.7 Å². The van der Waals surface area contributed by atoms with Crippen LogP contribution in [0.4, 0.5) is 0 Å². The lowest BCUT2D eigenvalue weighted by Gasteiger charge is -2.05. The summed E-state index contributed by atoms with van der Waals surface area (Å²) >= 11 is 0. The molecule has 82 valence electrons. The third-order valence-electron chi connectivity index (χ3n) is 2.61. The molecule has 0 fully saturated rings. The second-order valence-corrected chi connectivity index (χ2v) is 3.87. The number of aromatic nitrogens is 2. The number of hydrogen-bond donors (Lipinski definition) is 1. The number of aliphatic imine (C=N–C) groups is 1. The molecule has 0 bridgehead atoms. The monoisotopic (exact) mass is 206 g/mol. The molecule has 1 aromatic heterocycles. The Morgan fingerprint density at radius 2 is 2.40 bits per heavy atom. The van der Waals surface area contributed by atoms with Crippen LogP contribution in [0.25, 0.3) is 0 Å². The third kappa shape index (κ3) is 3.38. The lowest BCUT2D eigenvalue weighted by atomic mass is 10.3. The molecule has 1 aliphatic rings. The highest BCUT2D eigenvalue weighted by Crippen LogP contribution is 2.01. The van der Waals surface area contributed by atoms with Crippen molar-refractivity contribution in [2.45, 2.75) is 32.2 Å². The van der Waals surface area contributed by atoms with E-state index in [0.717, 1.165) is 26.1 Å². The molecule has 4 heteroatoms. The van der Waals surface area contributed by atoms with E-state index in [9.17, 15) is 0 Å². The Bertz CT molecular complexity index is 302. The highest BCUT2D eigenvalue weighted by Gasteiger charge is 2.03. The zero-order valence-electron chi connectivity index (χ0n) is 9.02. The largest absolute Gasteiger partial charge is 0.374 e. The molecule has 0 radical (unpaired) electrons. The van der Waals surface area contributed by atoms with Gasteiger partial charge in [-0.3, -0.25) is 4.99 Å². The summed E-state index contributed by atoms with van der Waals surface area (Å²) < 4.78 is 2.12. The standard InChI is InChI=1S/C11H18N4/c1(2-8-15-9-7-12-10-15)5-13-11-4-3-6-14-11/h7,9-10H,1-6,8H2,(H,13,14). The van der Waals surface area contributed by atoms with Gasteiger partial charge in [0.05, 0.1) is 12.2 Å². The summed E-state index contributed by atoms with van der Waals surface area (Å²) in [6.07, 6.45) is 10.4. The van der Waals surface area contributed by atoms with Crippen LogP contribution in [0.1, 0.15) is 25.7 Å². The van der Waals surface area contributed by atoms with Crippen LogP contribution in [0.5, 0.6) is 0 Å². The molecule has 0 saturated carbocycles. The van der Waals surface area contributed by atoms with Gasteiger partial charge >= 0.3 is 0 Å². The molecule has 2 heterocycles. The minimum atomic E-state index is 1.01. The Kier molecular flexibility index (Phi) is 3.77. The Labute approximate surface area is 90.4 Å². The van der Waals surface area contributed by atoms with Crippen LogP contribution in [-0.2, 0) is 6.54 Å². The second-order valence-electron chi connectivity index (χ2n) is 3.87. The molecule has 2 rings (SSSR count). The van der Waals surface area contributed by atoms with Crippen molar-refractivity contribution in [1.29, 1.82) is 0 Å². The summed E-state index contributed by atoms with van der Waals surface area (Å²) in [5.74, 6) is 1.21. The smallest absolute Gasteiger partial charge is 0.0963 e. The highest BCUT2D eigenvalue weighted by atomic mass is 15.0. The number of imidazole rings is 1. The van der Waals surface area contributed by atoms with E-state index in [1.165, 1.54) is 25.1 Å².